The van der Waals surface area contributed by atoms with Crippen molar-refractivity contribution < 1.29 is 24.5 Å². The minimum Gasteiger partial charge on any atom is -0.507 e. The monoisotopic (exact) mass is 331 g/mol. The largest absolute Gasteiger partial charge is 0.507 e. The Morgan fingerprint density at radius 1 is 1.17 bits per heavy atom. The second-order valence-corrected chi connectivity index (χ2v) is 5.31. The molecule has 0 spiro atoms. The van der Waals surface area contributed by atoms with Crippen molar-refractivity contribution in [3.05, 3.63) is 53.1 Å². The zero-order valence-electron chi connectivity index (χ0n) is 13.9. The number of carbonyl (C=O) groups is 1. The molecule has 0 aromatic heterocycles. The number of rotatable bonds is 6. The van der Waals surface area contributed by atoms with E-state index in [1.54, 1.807) is 37.3 Å². The number of carbonyl (C=O) groups excluding carboxylic acids is 1. The van der Waals surface area contributed by atoms with Crippen molar-refractivity contribution in [1.82, 2.24) is 5.32 Å². The summed E-state index contributed by atoms with van der Waals surface area (Å²) in [4.78, 5) is 12.2. The number of hydrogen-bond donors (Lipinski definition) is 3. The van der Waals surface area contributed by atoms with Gasteiger partial charge in [0, 0.05) is 6.54 Å². The molecule has 24 heavy (non-hydrogen) atoms. The number of ether oxygens (including phenoxy) is 2. The van der Waals surface area contributed by atoms with Gasteiger partial charge in [-0.3, -0.25) is 4.79 Å². The average molecular weight is 331 g/mol. The predicted octanol–water partition coefficient (Wildman–Crippen LogP) is 2.18. The molecular weight excluding hydrogens is 310 g/mol. The van der Waals surface area contributed by atoms with Crippen LogP contribution < -0.4 is 14.8 Å². The number of aryl methyl sites for hydroxylation is 1. The SMILES string of the molecule is COc1ccc(C(O)CNC(=O)c2cccc(C)c2O)cc1OC. The summed E-state index contributed by atoms with van der Waals surface area (Å²) in [5, 5.41) is 22.8. The summed E-state index contributed by atoms with van der Waals surface area (Å²) in [7, 11) is 3.04. The van der Waals surface area contributed by atoms with Crippen LogP contribution in [-0.2, 0) is 0 Å². The van der Waals surface area contributed by atoms with E-state index in [-0.39, 0.29) is 17.9 Å². The first-order chi connectivity index (χ1) is 11.5. The van der Waals surface area contributed by atoms with Gasteiger partial charge < -0.3 is 25.0 Å². The van der Waals surface area contributed by atoms with Gasteiger partial charge in [-0.1, -0.05) is 18.2 Å². The third kappa shape index (κ3) is 3.78. The number of nitrogens with one attached hydrogen (secondary N) is 1. The van der Waals surface area contributed by atoms with E-state index in [9.17, 15) is 15.0 Å². The van der Waals surface area contributed by atoms with Crippen molar-refractivity contribution in [3.63, 3.8) is 0 Å². The van der Waals surface area contributed by atoms with E-state index in [0.29, 0.717) is 22.6 Å². The summed E-state index contributed by atoms with van der Waals surface area (Å²) in [6, 6.07) is 9.97. The van der Waals surface area contributed by atoms with E-state index in [0.717, 1.165) is 0 Å². The van der Waals surface area contributed by atoms with Gasteiger partial charge in [0.25, 0.3) is 5.91 Å². The molecule has 1 unspecified atom stereocenters. The van der Waals surface area contributed by atoms with Crippen molar-refractivity contribution in [2.24, 2.45) is 0 Å². The Hall–Kier alpha value is -2.73. The maximum absolute atomic E-state index is 12.2. The molecule has 1 amide bonds. The van der Waals surface area contributed by atoms with Crippen LogP contribution in [0.15, 0.2) is 36.4 Å². The molecule has 3 N–H and O–H groups in total. The van der Waals surface area contributed by atoms with Gasteiger partial charge in [0.1, 0.15) is 5.75 Å². The molecule has 0 aliphatic rings. The van der Waals surface area contributed by atoms with Crippen LogP contribution in [-0.4, -0.2) is 36.9 Å². The average Bonchev–Trinajstić information content (AvgIpc) is 2.60. The second-order valence-electron chi connectivity index (χ2n) is 5.31. The van der Waals surface area contributed by atoms with Crippen LogP contribution in [0.3, 0.4) is 0 Å². The van der Waals surface area contributed by atoms with Crippen molar-refractivity contribution in [3.8, 4) is 17.2 Å². The maximum Gasteiger partial charge on any atom is 0.255 e. The predicted molar refractivity (Wildman–Crippen MR) is 89.7 cm³/mol. The number of aromatic hydroxyl groups is 1. The zero-order valence-corrected chi connectivity index (χ0v) is 13.9. The molecule has 2 aromatic carbocycles. The fourth-order valence-corrected chi connectivity index (χ4v) is 2.30. The molecule has 0 aliphatic heterocycles. The smallest absolute Gasteiger partial charge is 0.255 e. The van der Waals surface area contributed by atoms with Crippen molar-refractivity contribution in [2.45, 2.75) is 13.0 Å². The lowest BCUT2D eigenvalue weighted by Gasteiger charge is -2.15. The van der Waals surface area contributed by atoms with E-state index in [1.165, 1.54) is 20.3 Å². The topological polar surface area (TPSA) is 88.0 Å². The zero-order chi connectivity index (χ0) is 17.7. The molecule has 6 heteroatoms. The number of phenolic OH excluding ortho intramolecular Hbond substituents is 1. The maximum atomic E-state index is 12.2. The summed E-state index contributed by atoms with van der Waals surface area (Å²) < 4.78 is 10.3. The van der Waals surface area contributed by atoms with Crippen molar-refractivity contribution in [2.75, 3.05) is 20.8 Å². The molecule has 128 valence electrons. The first-order valence-electron chi connectivity index (χ1n) is 7.44. The molecule has 0 bridgehead atoms. The molecule has 0 heterocycles. The van der Waals surface area contributed by atoms with Gasteiger partial charge in [-0.05, 0) is 36.2 Å². The minimum atomic E-state index is -0.916. The fraction of sp³-hybridized carbons (Fsp3) is 0.278. The normalized spacial score (nSPS) is 11.7. The van der Waals surface area contributed by atoms with Crippen molar-refractivity contribution in [1.29, 1.82) is 0 Å². The Morgan fingerprint density at radius 2 is 1.88 bits per heavy atom. The molecule has 0 saturated heterocycles. The van der Waals surface area contributed by atoms with Gasteiger partial charge in [0.15, 0.2) is 11.5 Å². The van der Waals surface area contributed by atoms with Crippen LogP contribution in [0.4, 0.5) is 0 Å². The molecule has 0 saturated carbocycles. The van der Waals surface area contributed by atoms with Gasteiger partial charge in [0.2, 0.25) is 0 Å². The Bertz CT molecular complexity index is 729. The highest BCUT2D eigenvalue weighted by Crippen LogP contribution is 2.30. The molecule has 0 aliphatic carbocycles. The molecule has 2 aromatic rings. The number of aliphatic hydroxyl groups excluding tert-OH is 1. The standard InChI is InChI=1S/C18H21NO5/c1-11-5-4-6-13(17(11)21)18(22)19-10-14(20)12-7-8-15(23-2)16(9-12)24-3/h4-9,14,20-21H,10H2,1-3H3,(H,19,22). The highest BCUT2D eigenvalue weighted by Gasteiger charge is 2.16. The Morgan fingerprint density at radius 3 is 2.54 bits per heavy atom. The van der Waals surface area contributed by atoms with Crippen molar-refractivity contribution >= 4 is 5.91 Å². The van der Waals surface area contributed by atoms with E-state index < -0.39 is 12.0 Å². The lowest BCUT2D eigenvalue weighted by Crippen LogP contribution is -2.28. The van der Waals surface area contributed by atoms with Gasteiger partial charge in [0.05, 0.1) is 25.9 Å². The molecular formula is C18H21NO5. The van der Waals surface area contributed by atoms with Gasteiger partial charge in [-0.25, -0.2) is 0 Å². The lowest BCUT2D eigenvalue weighted by molar-refractivity contribution is 0.0913. The molecule has 0 radical (unpaired) electrons. The third-order valence-corrected chi connectivity index (χ3v) is 3.73. The van der Waals surface area contributed by atoms with Crippen LogP contribution in [0.25, 0.3) is 0 Å². The fourth-order valence-electron chi connectivity index (χ4n) is 2.30. The molecule has 1 atom stereocenters. The number of amides is 1. The lowest BCUT2D eigenvalue weighted by atomic mass is 10.1. The van der Waals surface area contributed by atoms with E-state index in [4.69, 9.17) is 9.47 Å². The first-order valence-corrected chi connectivity index (χ1v) is 7.44. The number of methoxy groups -OCH3 is 2. The number of hydrogen-bond acceptors (Lipinski definition) is 5. The number of benzene rings is 2. The van der Waals surface area contributed by atoms with Crippen LogP contribution in [0, 0.1) is 6.92 Å². The molecule has 6 nitrogen and oxygen atoms in total. The Labute approximate surface area is 140 Å². The second kappa shape index (κ2) is 7.70. The van der Waals surface area contributed by atoms with Crippen LogP contribution >= 0.6 is 0 Å². The minimum absolute atomic E-state index is 0.00168. The van der Waals surface area contributed by atoms with Crippen LogP contribution in [0.2, 0.25) is 0 Å². The number of para-hydroxylation sites is 1. The third-order valence-electron chi connectivity index (χ3n) is 3.73. The molecule has 2 rings (SSSR count). The summed E-state index contributed by atoms with van der Waals surface area (Å²) in [5.74, 6) is 0.546. The van der Waals surface area contributed by atoms with Gasteiger partial charge >= 0.3 is 0 Å². The quantitative estimate of drug-likeness (QED) is 0.755. The van der Waals surface area contributed by atoms with E-state index in [2.05, 4.69) is 5.32 Å². The first kappa shape index (κ1) is 17.6. The summed E-state index contributed by atoms with van der Waals surface area (Å²) in [5.41, 5.74) is 1.37. The van der Waals surface area contributed by atoms with Gasteiger partial charge in [-0.15, -0.1) is 0 Å². The summed E-state index contributed by atoms with van der Waals surface area (Å²) >= 11 is 0. The van der Waals surface area contributed by atoms with E-state index in [1.807, 2.05) is 0 Å². The Balaban J connectivity index is 2.06. The summed E-state index contributed by atoms with van der Waals surface area (Å²) in [6.45, 7) is 1.71. The molecule has 0 fully saturated rings. The highest BCUT2D eigenvalue weighted by atomic mass is 16.5. The number of aliphatic hydroxyl groups is 1. The van der Waals surface area contributed by atoms with E-state index >= 15 is 0 Å². The van der Waals surface area contributed by atoms with Crippen LogP contribution in [0.5, 0.6) is 17.2 Å². The highest BCUT2D eigenvalue weighted by molar-refractivity contribution is 5.97. The number of phenols is 1. The Kier molecular flexibility index (Phi) is 5.65. The van der Waals surface area contributed by atoms with Gasteiger partial charge in [-0.2, -0.15) is 0 Å². The summed E-state index contributed by atoms with van der Waals surface area (Å²) in [6.07, 6.45) is -0.916. The van der Waals surface area contributed by atoms with Crippen LogP contribution in [0.1, 0.15) is 27.6 Å².